The predicted octanol–water partition coefficient (Wildman–Crippen LogP) is 1.50. The first kappa shape index (κ1) is 19.0. The van der Waals surface area contributed by atoms with Crippen LogP contribution in [0.5, 0.6) is 5.88 Å². The van der Waals surface area contributed by atoms with Crippen LogP contribution in [0.1, 0.15) is 33.3 Å². The summed E-state index contributed by atoms with van der Waals surface area (Å²) in [5, 5.41) is 3.32. The maximum atomic E-state index is 12.6. The molecule has 7 heteroatoms. The van der Waals surface area contributed by atoms with E-state index >= 15 is 0 Å². The number of pyridine rings is 1. The van der Waals surface area contributed by atoms with Crippen LogP contribution in [-0.2, 0) is 11.3 Å². The lowest BCUT2D eigenvalue weighted by Gasteiger charge is -2.49. The van der Waals surface area contributed by atoms with E-state index in [9.17, 15) is 4.79 Å². The number of ether oxygens (including phenoxy) is 1. The number of hydrogen-bond donors (Lipinski definition) is 1. The zero-order valence-corrected chi connectivity index (χ0v) is 16.0. The van der Waals surface area contributed by atoms with E-state index in [1.807, 2.05) is 21.9 Å². The zero-order chi connectivity index (χ0) is 18.6. The number of methoxy groups -OCH3 is 1. The standard InChI is InChI=1S/C18H29N5O2/c1-13(2)23-15(24)11-22(12-18(23,3)4)17(19-5)21-10-14-8-7-9-20-16(14)25-6/h7-9,13H,10-12H2,1-6H3,(H,19,21). The molecule has 0 aliphatic carbocycles. The van der Waals surface area contributed by atoms with Crippen molar-refractivity contribution in [3.63, 3.8) is 0 Å². The summed E-state index contributed by atoms with van der Waals surface area (Å²) in [4.78, 5) is 25.1. The molecule has 0 spiro atoms. The second-order valence-electron chi connectivity index (χ2n) is 7.10. The van der Waals surface area contributed by atoms with E-state index in [0.29, 0.717) is 24.9 Å². The second-order valence-corrected chi connectivity index (χ2v) is 7.10. The largest absolute Gasteiger partial charge is 0.481 e. The number of nitrogens with zero attached hydrogens (tertiary/aromatic N) is 4. The van der Waals surface area contributed by atoms with Gasteiger partial charge in [-0.15, -0.1) is 0 Å². The maximum absolute atomic E-state index is 12.6. The summed E-state index contributed by atoms with van der Waals surface area (Å²) < 4.78 is 5.28. The van der Waals surface area contributed by atoms with Crippen molar-refractivity contribution in [2.45, 2.75) is 45.8 Å². The highest BCUT2D eigenvalue weighted by atomic mass is 16.5. The van der Waals surface area contributed by atoms with Gasteiger partial charge in [0.05, 0.1) is 19.2 Å². The number of guanidine groups is 1. The van der Waals surface area contributed by atoms with Gasteiger partial charge in [-0.2, -0.15) is 0 Å². The monoisotopic (exact) mass is 347 g/mol. The number of hydrogen-bond acceptors (Lipinski definition) is 4. The second kappa shape index (κ2) is 7.72. The predicted molar refractivity (Wildman–Crippen MR) is 98.6 cm³/mol. The molecule has 2 heterocycles. The molecule has 0 saturated carbocycles. The molecule has 1 fully saturated rings. The van der Waals surface area contributed by atoms with Crippen molar-refractivity contribution < 1.29 is 9.53 Å². The molecule has 1 saturated heterocycles. The minimum Gasteiger partial charge on any atom is -0.481 e. The summed E-state index contributed by atoms with van der Waals surface area (Å²) in [6.07, 6.45) is 1.70. The molecular weight excluding hydrogens is 318 g/mol. The minimum absolute atomic E-state index is 0.119. The molecular formula is C18H29N5O2. The summed E-state index contributed by atoms with van der Waals surface area (Å²) in [6.45, 7) is 9.87. The Bertz CT molecular complexity index is 642. The summed E-state index contributed by atoms with van der Waals surface area (Å²) in [6, 6.07) is 4.01. The fourth-order valence-electron chi connectivity index (χ4n) is 3.56. The van der Waals surface area contributed by atoms with Crippen molar-refractivity contribution in [2.75, 3.05) is 27.2 Å². The number of carbonyl (C=O) groups excluding carboxylic acids is 1. The lowest BCUT2D eigenvalue weighted by Crippen LogP contribution is -2.66. The van der Waals surface area contributed by atoms with Crippen molar-refractivity contribution in [3.05, 3.63) is 23.9 Å². The Kier molecular flexibility index (Phi) is 5.87. The number of aliphatic imine (C=N–C) groups is 1. The third-order valence-corrected chi connectivity index (χ3v) is 4.33. The number of carbonyl (C=O) groups is 1. The Hall–Kier alpha value is -2.31. The fraction of sp³-hybridized carbons (Fsp3) is 0.611. The summed E-state index contributed by atoms with van der Waals surface area (Å²) >= 11 is 0. The van der Waals surface area contributed by atoms with Gasteiger partial charge in [0.1, 0.15) is 0 Å². The number of amides is 1. The molecule has 0 radical (unpaired) electrons. The molecule has 1 aromatic rings. The average molecular weight is 347 g/mol. The third-order valence-electron chi connectivity index (χ3n) is 4.33. The van der Waals surface area contributed by atoms with Crippen LogP contribution in [0.2, 0.25) is 0 Å². The Labute approximate surface area is 150 Å². The van der Waals surface area contributed by atoms with Gasteiger partial charge >= 0.3 is 0 Å². The van der Waals surface area contributed by atoms with Crippen LogP contribution in [0, 0.1) is 0 Å². The zero-order valence-electron chi connectivity index (χ0n) is 16.0. The van der Waals surface area contributed by atoms with Crippen LogP contribution in [-0.4, -0.2) is 65.5 Å². The average Bonchev–Trinajstić information content (AvgIpc) is 2.53. The van der Waals surface area contributed by atoms with Crippen LogP contribution < -0.4 is 10.1 Å². The Morgan fingerprint density at radius 3 is 2.76 bits per heavy atom. The highest BCUT2D eigenvalue weighted by Crippen LogP contribution is 2.24. The van der Waals surface area contributed by atoms with E-state index in [1.165, 1.54) is 0 Å². The van der Waals surface area contributed by atoms with E-state index in [4.69, 9.17) is 4.74 Å². The molecule has 7 nitrogen and oxygen atoms in total. The summed E-state index contributed by atoms with van der Waals surface area (Å²) in [5.41, 5.74) is 0.685. The molecule has 0 atom stereocenters. The van der Waals surface area contributed by atoms with Crippen molar-refractivity contribution in [2.24, 2.45) is 4.99 Å². The highest BCUT2D eigenvalue weighted by molar-refractivity contribution is 5.88. The number of piperazine rings is 1. The van der Waals surface area contributed by atoms with Crippen LogP contribution in [0.3, 0.4) is 0 Å². The molecule has 1 amide bonds. The van der Waals surface area contributed by atoms with Gasteiger partial charge < -0.3 is 19.9 Å². The van der Waals surface area contributed by atoms with Crippen molar-refractivity contribution in [3.8, 4) is 5.88 Å². The van der Waals surface area contributed by atoms with Crippen LogP contribution in [0.15, 0.2) is 23.3 Å². The lowest BCUT2D eigenvalue weighted by molar-refractivity contribution is -0.145. The van der Waals surface area contributed by atoms with Crippen molar-refractivity contribution in [1.29, 1.82) is 0 Å². The van der Waals surface area contributed by atoms with Crippen molar-refractivity contribution >= 4 is 11.9 Å². The van der Waals surface area contributed by atoms with Gasteiger partial charge in [-0.1, -0.05) is 6.07 Å². The number of rotatable bonds is 4. The Morgan fingerprint density at radius 1 is 1.48 bits per heavy atom. The first-order valence-electron chi connectivity index (χ1n) is 8.55. The summed E-state index contributed by atoms with van der Waals surface area (Å²) in [5.74, 6) is 1.41. The van der Waals surface area contributed by atoms with Gasteiger partial charge in [-0.3, -0.25) is 9.79 Å². The van der Waals surface area contributed by atoms with E-state index in [1.54, 1.807) is 20.4 Å². The smallest absolute Gasteiger partial charge is 0.242 e. The molecule has 2 rings (SSSR count). The molecule has 1 aliphatic heterocycles. The molecule has 1 aliphatic rings. The molecule has 0 unspecified atom stereocenters. The SMILES string of the molecule is CN=C(NCc1cccnc1OC)N1CC(=O)N(C(C)C)C(C)(C)C1. The number of aromatic nitrogens is 1. The summed E-state index contributed by atoms with van der Waals surface area (Å²) in [7, 11) is 3.34. The Morgan fingerprint density at radius 2 is 2.20 bits per heavy atom. The molecule has 0 bridgehead atoms. The minimum atomic E-state index is -0.257. The normalized spacial score (nSPS) is 17.9. The van der Waals surface area contributed by atoms with Gasteiger partial charge in [-0.05, 0) is 33.8 Å². The van der Waals surface area contributed by atoms with Gasteiger partial charge in [0.15, 0.2) is 5.96 Å². The van der Waals surface area contributed by atoms with Crippen molar-refractivity contribution in [1.82, 2.24) is 20.1 Å². The molecule has 1 N–H and O–H groups in total. The molecule has 25 heavy (non-hydrogen) atoms. The first-order chi connectivity index (χ1) is 11.8. The quantitative estimate of drug-likeness (QED) is 0.660. The number of nitrogens with one attached hydrogen (secondary N) is 1. The molecule has 1 aromatic heterocycles. The molecule has 0 aromatic carbocycles. The van der Waals surface area contributed by atoms with E-state index in [2.05, 4.69) is 43.0 Å². The highest BCUT2D eigenvalue weighted by Gasteiger charge is 2.40. The van der Waals surface area contributed by atoms with Gasteiger partial charge in [0.2, 0.25) is 11.8 Å². The maximum Gasteiger partial charge on any atom is 0.242 e. The van der Waals surface area contributed by atoms with E-state index < -0.39 is 0 Å². The Balaban J connectivity index is 2.10. The van der Waals surface area contributed by atoms with Gasteiger partial charge in [-0.25, -0.2) is 4.98 Å². The van der Waals surface area contributed by atoms with E-state index in [-0.39, 0.29) is 17.5 Å². The molecule has 138 valence electrons. The van der Waals surface area contributed by atoms with E-state index in [0.717, 1.165) is 12.1 Å². The topological polar surface area (TPSA) is 70.1 Å². The van der Waals surface area contributed by atoms with Gasteiger partial charge in [0, 0.05) is 37.9 Å². The lowest BCUT2D eigenvalue weighted by atomic mass is 9.96. The van der Waals surface area contributed by atoms with Crippen LogP contribution >= 0.6 is 0 Å². The van der Waals surface area contributed by atoms with Gasteiger partial charge in [0.25, 0.3) is 0 Å². The fourth-order valence-corrected chi connectivity index (χ4v) is 3.56. The van der Waals surface area contributed by atoms with Crippen LogP contribution in [0.25, 0.3) is 0 Å². The van der Waals surface area contributed by atoms with Crippen LogP contribution in [0.4, 0.5) is 0 Å². The third kappa shape index (κ3) is 4.21. The first-order valence-corrected chi connectivity index (χ1v) is 8.55.